The Morgan fingerprint density at radius 2 is 1.81 bits per heavy atom. The zero-order valence-electron chi connectivity index (χ0n) is 13.4. The fourth-order valence-corrected chi connectivity index (χ4v) is 4.28. The molecule has 0 aromatic carbocycles. The van der Waals surface area contributed by atoms with Gasteiger partial charge in [-0.1, -0.05) is 76.1 Å². The van der Waals surface area contributed by atoms with Crippen molar-refractivity contribution in [1.29, 1.82) is 0 Å². The molecule has 21 heavy (non-hydrogen) atoms. The molecule has 3 heteroatoms. The van der Waals surface area contributed by atoms with Crippen molar-refractivity contribution < 1.29 is 4.79 Å². The maximum absolute atomic E-state index is 11.5. The summed E-state index contributed by atoms with van der Waals surface area (Å²) in [6.45, 7) is 3.53. The van der Waals surface area contributed by atoms with Crippen molar-refractivity contribution in [2.75, 3.05) is 0 Å². The van der Waals surface area contributed by atoms with Crippen LogP contribution in [-0.2, 0) is 4.79 Å². The summed E-state index contributed by atoms with van der Waals surface area (Å²) in [5.74, 6) is 0.736. The van der Waals surface area contributed by atoms with Gasteiger partial charge in [-0.2, -0.15) is 0 Å². The van der Waals surface area contributed by atoms with Crippen LogP contribution in [0.2, 0.25) is 5.31 Å². The number of carbonyl (C=O) groups excluding carboxylic acids is 1. The van der Waals surface area contributed by atoms with Crippen molar-refractivity contribution in [3.05, 3.63) is 12.7 Å². The summed E-state index contributed by atoms with van der Waals surface area (Å²) in [5, 5.41) is 2.98. The first-order valence-electron chi connectivity index (χ1n) is 8.83. The average molecular weight is 287 g/mol. The van der Waals surface area contributed by atoms with Crippen molar-refractivity contribution >= 4 is 13.8 Å². The molecular weight excluding hydrogens is 257 g/mol. The molecule has 0 aromatic heterocycles. The zero-order chi connectivity index (χ0) is 15.1. The molecule has 116 valence electrons. The zero-order valence-corrected chi connectivity index (χ0v) is 13.4. The van der Waals surface area contributed by atoms with Crippen molar-refractivity contribution in [2.24, 2.45) is 5.92 Å². The predicted octanol–water partition coefficient (Wildman–Crippen LogP) is 4.31. The topological polar surface area (TPSA) is 29.1 Å². The normalized spacial score (nSPS) is 31.9. The molecule has 2 nitrogen and oxygen atoms in total. The third-order valence-corrected chi connectivity index (χ3v) is 5.33. The minimum Gasteiger partial charge on any atom is -0.350 e. The van der Waals surface area contributed by atoms with Gasteiger partial charge >= 0.3 is 0 Å². The maximum Gasteiger partial charge on any atom is 0.243 e. The highest BCUT2D eigenvalue weighted by molar-refractivity contribution is 6.15. The van der Waals surface area contributed by atoms with E-state index in [4.69, 9.17) is 7.85 Å². The molecule has 1 N–H and O–H groups in total. The smallest absolute Gasteiger partial charge is 0.243 e. The number of nitrogens with one attached hydrogen (secondary N) is 1. The van der Waals surface area contributed by atoms with Crippen LogP contribution in [0.3, 0.4) is 0 Å². The number of carbonyl (C=O) groups is 1. The highest BCUT2D eigenvalue weighted by Crippen LogP contribution is 2.47. The number of amides is 1. The molecule has 1 amide bonds. The Morgan fingerprint density at radius 1 is 1.14 bits per heavy atom. The van der Waals surface area contributed by atoms with Gasteiger partial charge in [0.05, 0.1) is 7.85 Å². The van der Waals surface area contributed by atoms with Gasteiger partial charge in [0.15, 0.2) is 0 Å². The van der Waals surface area contributed by atoms with E-state index >= 15 is 0 Å². The second-order valence-electron chi connectivity index (χ2n) is 7.28. The first-order chi connectivity index (χ1) is 10.1. The van der Waals surface area contributed by atoms with Crippen LogP contribution >= 0.6 is 0 Å². The van der Waals surface area contributed by atoms with Crippen LogP contribution in [0.1, 0.15) is 77.0 Å². The summed E-state index contributed by atoms with van der Waals surface area (Å²) in [4.78, 5) is 11.5. The lowest BCUT2D eigenvalue weighted by molar-refractivity contribution is -0.117. The van der Waals surface area contributed by atoms with Crippen LogP contribution in [0.15, 0.2) is 12.7 Å². The molecule has 0 aliphatic heterocycles. The van der Waals surface area contributed by atoms with E-state index in [1.54, 1.807) is 0 Å². The molecular formula is C18H30BNO. The van der Waals surface area contributed by atoms with Gasteiger partial charge in [0.25, 0.3) is 0 Å². The Kier molecular flexibility index (Phi) is 6.38. The second-order valence-corrected chi connectivity index (χ2v) is 7.28. The third kappa shape index (κ3) is 5.52. The molecule has 0 saturated heterocycles. The quantitative estimate of drug-likeness (QED) is 0.606. The van der Waals surface area contributed by atoms with Crippen LogP contribution in [0, 0.1) is 5.92 Å². The molecule has 2 unspecified atom stereocenters. The first-order valence-corrected chi connectivity index (χ1v) is 8.83. The number of hydrogen-bond acceptors (Lipinski definition) is 1. The summed E-state index contributed by atoms with van der Waals surface area (Å²) < 4.78 is 0. The lowest BCUT2D eigenvalue weighted by atomic mass is 9.55. The molecule has 0 spiro atoms. The van der Waals surface area contributed by atoms with Crippen molar-refractivity contribution in [3.8, 4) is 0 Å². The van der Waals surface area contributed by atoms with E-state index in [1.807, 2.05) is 0 Å². The van der Waals surface area contributed by atoms with Gasteiger partial charge in [-0.25, -0.2) is 0 Å². The van der Waals surface area contributed by atoms with Gasteiger partial charge in [0.2, 0.25) is 5.91 Å². The summed E-state index contributed by atoms with van der Waals surface area (Å²) in [7, 11) is 6.71. The predicted molar refractivity (Wildman–Crippen MR) is 89.5 cm³/mol. The third-order valence-electron chi connectivity index (χ3n) is 5.33. The standard InChI is InChI=1S/C18H30BNO/c1-2-17(21)20-16-11-8-12-18(19,14-16)13-15-9-6-4-3-5-7-10-15/h2,15-16H,1,3-14H2,(H,20,21). The Labute approximate surface area is 131 Å². The van der Waals surface area contributed by atoms with E-state index in [1.165, 1.54) is 51.0 Å². The van der Waals surface area contributed by atoms with E-state index in [0.29, 0.717) is 0 Å². The van der Waals surface area contributed by atoms with Crippen LogP contribution in [0.5, 0.6) is 0 Å². The largest absolute Gasteiger partial charge is 0.350 e. The summed E-state index contributed by atoms with van der Waals surface area (Å²) >= 11 is 0. The minimum absolute atomic E-state index is 0.0600. The fourth-order valence-electron chi connectivity index (χ4n) is 4.28. The molecule has 2 aliphatic rings. The average Bonchev–Trinajstić information content (AvgIpc) is 2.41. The minimum atomic E-state index is -0.0682. The summed E-state index contributed by atoms with van der Waals surface area (Å²) in [6, 6.07) is 0.239. The van der Waals surface area contributed by atoms with Crippen molar-refractivity contribution in [1.82, 2.24) is 5.32 Å². The van der Waals surface area contributed by atoms with E-state index in [9.17, 15) is 4.79 Å². The Hall–Kier alpha value is -0.725. The lowest BCUT2D eigenvalue weighted by Gasteiger charge is -2.41. The maximum atomic E-state index is 11.5. The monoisotopic (exact) mass is 287 g/mol. The van der Waals surface area contributed by atoms with Crippen LogP contribution < -0.4 is 5.32 Å². The number of hydrogen-bond donors (Lipinski definition) is 1. The lowest BCUT2D eigenvalue weighted by Crippen LogP contribution is -2.40. The van der Waals surface area contributed by atoms with Crippen LogP contribution in [0.25, 0.3) is 0 Å². The molecule has 2 atom stereocenters. The molecule has 2 aliphatic carbocycles. The van der Waals surface area contributed by atoms with E-state index in [2.05, 4.69) is 11.9 Å². The van der Waals surface area contributed by atoms with E-state index in [0.717, 1.165) is 38.0 Å². The van der Waals surface area contributed by atoms with E-state index in [-0.39, 0.29) is 17.3 Å². The van der Waals surface area contributed by atoms with E-state index < -0.39 is 0 Å². The highest BCUT2D eigenvalue weighted by atomic mass is 16.1. The molecule has 2 radical (unpaired) electrons. The molecule has 0 heterocycles. The molecule has 2 fully saturated rings. The Bertz CT molecular complexity index is 349. The van der Waals surface area contributed by atoms with Gasteiger partial charge in [0.1, 0.15) is 0 Å². The first kappa shape index (κ1) is 16.6. The van der Waals surface area contributed by atoms with Gasteiger partial charge in [-0.05, 0) is 24.8 Å². The van der Waals surface area contributed by atoms with Gasteiger partial charge in [-0.3, -0.25) is 4.79 Å². The SMILES string of the molecule is [B]C1(CC2CCCCCCC2)CCCC(NC(=O)C=C)C1. The molecule has 2 saturated carbocycles. The van der Waals surface area contributed by atoms with Gasteiger partial charge in [-0.15, -0.1) is 0 Å². The van der Waals surface area contributed by atoms with Crippen molar-refractivity contribution in [3.63, 3.8) is 0 Å². The van der Waals surface area contributed by atoms with Crippen LogP contribution in [-0.4, -0.2) is 19.8 Å². The van der Waals surface area contributed by atoms with Crippen molar-refractivity contribution in [2.45, 2.75) is 88.4 Å². The second kappa shape index (κ2) is 8.05. The van der Waals surface area contributed by atoms with Gasteiger partial charge in [0, 0.05) is 6.04 Å². The highest BCUT2D eigenvalue weighted by Gasteiger charge is 2.34. The fraction of sp³-hybridized carbons (Fsp3) is 0.833. The molecule has 2 rings (SSSR count). The summed E-state index contributed by atoms with van der Waals surface area (Å²) in [6.07, 6.45) is 16.4. The Morgan fingerprint density at radius 3 is 2.48 bits per heavy atom. The summed E-state index contributed by atoms with van der Waals surface area (Å²) in [5.41, 5.74) is 0. The van der Waals surface area contributed by atoms with Crippen LogP contribution in [0.4, 0.5) is 0 Å². The molecule has 0 aromatic rings. The Balaban J connectivity index is 1.87. The molecule has 0 bridgehead atoms. The van der Waals surface area contributed by atoms with Gasteiger partial charge < -0.3 is 5.32 Å². The number of rotatable bonds is 4.